The predicted molar refractivity (Wildman–Crippen MR) is 85.3 cm³/mol. The van der Waals surface area contributed by atoms with Gasteiger partial charge in [-0.3, -0.25) is 0 Å². The summed E-state index contributed by atoms with van der Waals surface area (Å²) >= 11 is 3.57. The first-order valence-corrected chi connectivity index (χ1v) is 7.90. The van der Waals surface area contributed by atoms with Crippen LogP contribution in [-0.4, -0.2) is 15.8 Å². The average Bonchev–Trinajstić information content (AvgIpc) is 3.21. The van der Waals surface area contributed by atoms with E-state index in [0.29, 0.717) is 6.04 Å². The molecule has 1 aliphatic carbocycles. The Hall–Kier alpha value is -1.13. The summed E-state index contributed by atoms with van der Waals surface area (Å²) in [5, 5.41) is 8.28. The largest absolute Gasteiger partial charge is 0.310 e. The fourth-order valence-corrected chi connectivity index (χ4v) is 2.81. The number of hydrogen-bond acceptors (Lipinski definition) is 2. The summed E-state index contributed by atoms with van der Waals surface area (Å²) < 4.78 is 3.19. The predicted octanol–water partition coefficient (Wildman–Crippen LogP) is 3.81. The Kier molecular flexibility index (Phi) is 3.69. The van der Waals surface area contributed by atoms with Crippen LogP contribution >= 0.6 is 15.9 Å². The summed E-state index contributed by atoms with van der Waals surface area (Å²) in [6.07, 6.45) is 2.62. The van der Waals surface area contributed by atoms with Crippen LogP contribution in [0.4, 0.5) is 0 Å². The summed E-state index contributed by atoms with van der Waals surface area (Å²) in [5.41, 5.74) is 6.06. The lowest BCUT2D eigenvalue weighted by Crippen LogP contribution is -2.17. The van der Waals surface area contributed by atoms with Gasteiger partial charge in [-0.1, -0.05) is 15.9 Å². The van der Waals surface area contributed by atoms with Crippen molar-refractivity contribution in [2.24, 2.45) is 0 Å². The highest BCUT2D eigenvalue weighted by molar-refractivity contribution is 9.10. The minimum Gasteiger partial charge on any atom is -0.310 e. The van der Waals surface area contributed by atoms with Crippen LogP contribution in [0.15, 0.2) is 22.7 Å². The van der Waals surface area contributed by atoms with Crippen molar-refractivity contribution < 1.29 is 0 Å². The molecule has 1 fully saturated rings. The lowest BCUT2D eigenvalue weighted by Gasteiger charge is -2.13. The van der Waals surface area contributed by atoms with E-state index in [9.17, 15) is 0 Å². The van der Waals surface area contributed by atoms with Gasteiger partial charge in [0.1, 0.15) is 0 Å². The molecule has 1 aromatic carbocycles. The Bertz CT molecular complexity index is 641. The zero-order valence-corrected chi connectivity index (χ0v) is 13.8. The molecule has 0 radical (unpaired) electrons. The molecule has 1 N–H and O–H groups in total. The van der Waals surface area contributed by atoms with Gasteiger partial charge in [0.2, 0.25) is 0 Å². The lowest BCUT2D eigenvalue weighted by molar-refractivity contribution is 0.679. The molecule has 106 valence electrons. The van der Waals surface area contributed by atoms with Gasteiger partial charge in [-0.25, -0.2) is 4.68 Å². The number of nitrogens with zero attached hydrogens (tertiary/aromatic N) is 2. The Labute approximate surface area is 128 Å². The minimum atomic E-state index is 0.712. The van der Waals surface area contributed by atoms with Gasteiger partial charge in [0.25, 0.3) is 0 Å². The van der Waals surface area contributed by atoms with Crippen LogP contribution in [0.25, 0.3) is 5.69 Å². The maximum absolute atomic E-state index is 4.69. The van der Waals surface area contributed by atoms with Gasteiger partial charge in [0.15, 0.2) is 0 Å². The zero-order valence-electron chi connectivity index (χ0n) is 12.2. The van der Waals surface area contributed by atoms with E-state index >= 15 is 0 Å². The standard InChI is InChI=1S/C16H20BrN3/c1-10-11(2)19-20(12(10)3)16-7-4-14(17)8-13(16)9-18-15-5-6-15/h4,7-8,15,18H,5-6,9H2,1-3H3. The molecule has 0 spiro atoms. The molecule has 20 heavy (non-hydrogen) atoms. The lowest BCUT2D eigenvalue weighted by atomic mass is 10.1. The second-order valence-corrected chi connectivity index (χ2v) is 6.55. The van der Waals surface area contributed by atoms with E-state index in [1.165, 1.54) is 35.3 Å². The van der Waals surface area contributed by atoms with Gasteiger partial charge in [-0.15, -0.1) is 0 Å². The highest BCUT2D eigenvalue weighted by Crippen LogP contribution is 2.25. The molecule has 1 saturated carbocycles. The summed E-state index contributed by atoms with van der Waals surface area (Å²) in [6.45, 7) is 7.24. The Morgan fingerprint density at radius 2 is 2.05 bits per heavy atom. The van der Waals surface area contributed by atoms with Gasteiger partial charge >= 0.3 is 0 Å². The van der Waals surface area contributed by atoms with E-state index in [1.54, 1.807) is 0 Å². The third-order valence-electron chi connectivity index (χ3n) is 4.08. The number of halogens is 1. The van der Waals surface area contributed by atoms with E-state index in [2.05, 4.69) is 70.0 Å². The first-order chi connectivity index (χ1) is 9.56. The number of aryl methyl sites for hydroxylation is 1. The number of nitrogens with one attached hydrogen (secondary N) is 1. The first kappa shape index (κ1) is 13.8. The molecule has 2 aromatic rings. The summed E-state index contributed by atoms with van der Waals surface area (Å²) in [7, 11) is 0. The maximum atomic E-state index is 4.69. The summed E-state index contributed by atoms with van der Waals surface area (Å²) in [5.74, 6) is 0. The molecular weight excluding hydrogens is 314 g/mol. The molecule has 3 nitrogen and oxygen atoms in total. The second-order valence-electron chi connectivity index (χ2n) is 5.64. The molecule has 0 bridgehead atoms. The Morgan fingerprint density at radius 3 is 2.65 bits per heavy atom. The van der Waals surface area contributed by atoms with Crippen molar-refractivity contribution in [1.29, 1.82) is 0 Å². The maximum Gasteiger partial charge on any atom is 0.0694 e. The van der Waals surface area contributed by atoms with Gasteiger partial charge in [-0.2, -0.15) is 5.10 Å². The van der Waals surface area contributed by atoms with Crippen molar-refractivity contribution in [3.05, 3.63) is 45.2 Å². The van der Waals surface area contributed by atoms with Crippen molar-refractivity contribution >= 4 is 15.9 Å². The third kappa shape index (κ3) is 2.67. The molecule has 3 rings (SSSR count). The Morgan fingerprint density at radius 1 is 1.30 bits per heavy atom. The van der Waals surface area contributed by atoms with Crippen LogP contribution in [0.3, 0.4) is 0 Å². The van der Waals surface area contributed by atoms with Crippen LogP contribution in [0, 0.1) is 20.8 Å². The molecule has 0 saturated heterocycles. The second kappa shape index (κ2) is 5.34. The van der Waals surface area contributed by atoms with Crippen molar-refractivity contribution in [1.82, 2.24) is 15.1 Å². The quantitative estimate of drug-likeness (QED) is 0.921. The fraction of sp³-hybridized carbons (Fsp3) is 0.438. The SMILES string of the molecule is Cc1nn(-c2ccc(Br)cc2CNC2CC2)c(C)c1C. The van der Waals surface area contributed by atoms with Gasteiger partial charge in [-0.05, 0) is 62.9 Å². The van der Waals surface area contributed by atoms with Gasteiger partial charge in [0, 0.05) is 22.8 Å². The van der Waals surface area contributed by atoms with Gasteiger partial charge < -0.3 is 5.32 Å². The molecule has 1 aliphatic rings. The average molecular weight is 334 g/mol. The summed E-state index contributed by atoms with van der Waals surface area (Å²) in [4.78, 5) is 0. The van der Waals surface area contributed by atoms with Crippen LogP contribution < -0.4 is 5.32 Å². The van der Waals surface area contributed by atoms with E-state index in [4.69, 9.17) is 0 Å². The molecule has 4 heteroatoms. The highest BCUT2D eigenvalue weighted by atomic mass is 79.9. The van der Waals surface area contributed by atoms with Crippen LogP contribution in [-0.2, 0) is 6.54 Å². The highest BCUT2D eigenvalue weighted by Gasteiger charge is 2.21. The van der Waals surface area contributed by atoms with Crippen LogP contribution in [0.1, 0.15) is 35.4 Å². The normalized spacial score (nSPS) is 14.8. The number of rotatable bonds is 4. The molecule has 1 heterocycles. The smallest absolute Gasteiger partial charge is 0.0694 e. The molecule has 0 amide bonds. The molecule has 1 aromatic heterocycles. The van der Waals surface area contributed by atoms with Crippen molar-refractivity contribution in [3.63, 3.8) is 0 Å². The molecule has 0 unspecified atom stereocenters. The van der Waals surface area contributed by atoms with E-state index in [0.717, 1.165) is 16.7 Å². The van der Waals surface area contributed by atoms with Crippen molar-refractivity contribution in [2.75, 3.05) is 0 Å². The molecule has 0 aliphatic heterocycles. The topological polar surface area (TPSA) is 29.9 Å². The molecule has 0 atom stereocenters. The zero-order chi connectivity index (χ0) is 14.3. The summed E-state index contributed by atoms with van der Waals surface area (Å²) in [6, 6.07) is 7.13. The van der Waals surface area contributed by atoms with E-state index in [-0.39, 0.29) is 0 Å². The monoisotopic (exact) mass is 333 g/mol. The Balaban J connectivity index is 2.00. The van der Waals surface area contributed by atoms with E-state index in [1.807, 2.05) is 0 Å². The number of hydrogen-bond donors (Lipinski definition) is 1. The third-order valence-corrected chi connectivity index (χ3v) is 4.57. The number of aromatic nitrogens is 2. The first-order valence-electron chi connectivity index (χ1n) is 7.11. The van der Waals surface area contributed by atoms with Gasteiger partial charge in [0.05, 0.1) is 11.4 Å². The van der Waals surface area contributed by atoms with Crippen LogP contribution in [0.5, 0.6) is 0 Å². The molecular formula is C16H20BrN3. The van der Waals surface area contributed by atoms with Crippen molar-refractivity contribution in [3.8, 4) is 5.69 Å². The van der Waals surface area contributed by atoms with Crippen LogP contribution in [0.2, 0.25) is 0 Å². The van der Waals surface area contributed by atoms with Crippen molar-refractivity contribution in [2.45, 2.75) is 46.2 Å². The van der Waals surface area contributed by atoms with E-state index < -0.39 is 0 Å². The minimum absolute atomic E-state index is 0.712. The fourth-order valence-electron chi connectivity index (χ4n) is 2.40. The number of benzene rings is 1.